The van der Waals surface area contributed by atoms with Crippen LogP contribution in [0.5, 0.6) is 0 Å². The Labute approximate surface area is 113 Å². The van der Waals surface area contributed by atoms with Gasteiger partial charge in [0.2, 0.25) is 0 Å². The van der Waals surface area contributed by atoms with E-state index in [9.17, 15) is 0 Å². The van der Waals surface area contributed by atoms with Gasteiger partial charge in [-0.3, -0.25) is 4.79 Å². The number of carbonyl (C=O) groups is 1. The highest BCUT2D eigenvalue weighted by atomic mass is 16.6. The minimum Gasteiger partial charge on any atom is -0.481 e. The molecular formula is C13H20BNO4. The van der Waals surface area contributed by atoms with Crippen LogP contribution in [0.25, 0.3) is 0 Å². The molecule has 104 valence electrons. The van der Waals surface area contributed by atoms with Crippen molar-refractivity contribution < 1.29 is 19.2 Å². The monoisotopic (exact) mass is 265 g/mol. The number of nitrogens with two attached hydrogens (primary N) is 1. The standard InChI is InChI=1S/C11H16BNO2.C2H4O2/c13-11(12-14-7-4-8-15-12)9-10-5-2-1-3-6-10;1-2(3)4/h1-3,5-6,11H,4,7-9,13H2;1H3,(H,3,4)/t11-;/m1./s1. The van der Waals surface area contributed by atoms with Crippen LogP contribution in [0.2, 0.25) is 0 Å². The van der Waals surface area contributed by atoms with Gasteiger partial charge in [0.1, 0.15) is 0 Å². The maximum atomic E-state index is 9.00. The van der Waals surface area contributed by atoms with E-state index >= 15 is 0 Å². The number of hydrogen-bond donors (Lipinski definition) is 2. The summed E-state index contributed by atoms with van der Waals surface area (Å²) >= 11 is 0. The highest BCUT2D eigenvalue weighted by Gasteiger charge is 2.29. The SMILES string of the molecule is CC(=O)O.N[C@H](Cc1ccccc1)B1OCCCO1. The zero-order chi connectivity index (χ0) is 14.1. The number of carboxylic acid groups (broad SMARTS) is 1. The summed E-state index contributed by atoms with van der Waals surface area (Å²) in [5, 5.41) is 7.42. The first-order chi connectivity index (χ1) is 9.09. The smallest absolute Gasteiger partial charge is 0.475 e. The fraction of sp³-hybridized carbons (Fsp3) is 0.462. The summed E-state index contributed by atoms with van der Waals surface area (Å²) in [7, 11) is -0.237. The topological polar surface area (TPSA) is 81.8 Å². The first kappa shape index (κ1) is 15.7. The van der Waals surface area contributed by atoms with Crippen molar-refractivity contribution >= 4 is 13.1 Å². The third-order valence-corrected chi connectivity index (χ3v) is 2.52. The van der Waals surface area contributed by atoms with Crippen LogP contribution in [0.1, 0.15) is 18.9 Å². The fourth-order valence-corrected chi connectivity index (χ4v) is 1.74. The van der Waals surface area contributed by atoms with Gasteiger partial charge >= 0.3 is 7.12 Å². The highest BCUT2D eigenvalue weighted by molar-refractivity contribution is 6.46. The number of aliphatic carboxylic acids is 1. The van der Waals surface area contributed by atoms with Crippen molar-refractivity contribution in [2.24, 2.45) is 5.73 Å². The van der Waals surface area contributed by atoms with Gasteiger partial charge in [0, 0.05) is 26.1 Å². The van der Waals surface area contributed by atoms with E-state index in [4.69, 9.17) is 24.9 Å². The lowest BCUT2D eigenvalue weighted by molar-refractivity contribution is -0.134. The van der Waals surface area contributed by atoms with Crippen LogP contribution in [0.3, 0.4) is 0 Å². The maximum Gasteiger partial charge on any atom is 0.475 e. The first-order valence-corrected chi connectivity index (χ1v) is 6.32. The van der Waals surface area contributed by atoms with Crippen LogP contribution in [-0.2, 0) is 20.5 Å². The molecule has 0 saturated carbocycles. The summed E-state index contributed by atoms with van der Waals surface area (Å²) in [5.74, 6) is -0.910. The molecular weight excluding hydrogens is 245 g/mol. The van der Waals surface area contributed by atoms with Gasteiger partial charge in [-0.05, 0) is 18.4 Å². The Morgan fingerprint density at radius 1 is 1.37 bits per heavy atom. The predicted molar refractivity (Wildman–Crippen MR) is 73.7 cm³/mol. The minimum absolute atomic E-state index is 0.0762. The summed E-state index contributed by atoms with van der Waals surface area (Å²) in [4.78, 5) is 9.00. The molecule has 1 aliphatic heterocycles. The van der Waals surface area contributed by atoms with Crippen LogP contribution in [0.15, 0.2) is 30.3 Å². The Kier molecular flexibility index (Phi) is 7.17. The van der Waals surface area contributed by atoms with Crippen molar-refractivity contribution in [3.8, 4) is 0 Å². The molecule has 1 heterocycles. The Balaban J connectivity index is 0.000000399. The first-order valence-electron chi connectivity index (χ1n) is 6.32. The molecule has 1 aromatic rings. The maximum absolute atomic E-state index is 9.00. The van der Waals surface area contributed by atoms with Crippen LogP contribution in [0, 0.1) is 0 Å². The van der Waals surface area contributed by atoms with Crippen LogP contribution in [0.4, 0.5) is 0 Å². The van der Waals surface area contributed by atoms with Crippen molar-refractivity contribution in [1.82, 2.24) is 0 Å². The lowest BCUT2D eigenvalue weighted by Crippen LogP contribution is -2.47. The van der Waals surface area contributed by atoms with Crippen LogP contribution < -0.4 is 5.73 Å². The summed E-state index contributed by atoms with van der Waals surface area (Å²) in [5.41, 5.74) is 7.26. The van der Waals surface area contributed by atoms with E-state index in [1.807, 2.05) is 18.2 Å². The summed E-state index contributed by atoms with van der Waals surface area (Å²) < 4.78 is 10.9. The van der Waals surface area contributed by atoms with E-state index < -0.39 is 5.97 Å². The normalized spacial score (nSPS) is 16.2. The van der Waals surface area contributed by atoms with E-state index in [0.29, 0.717) is 0 Å². The van der Waals surface area contributed by atoms with E-state index in [-0.39, 0.29) is 13.1 Å². The largest absolute Gasteiger partial charge is 0.481 e. The average Bonchev–Trinajstić information content (AvgIpc) is 2.40. The molecule has 1 atom stereocenters. The van der Waals surface area contributed by atoms with Crippen molar-refractivity contribution in [3.63, 3.8) is 0 Å². The van der Waals surface area contributed by atoms with Crippen molar-refractivity contribution in [2.75, 3.05) is 13.2 Å². The number of benzene rings is 1. The quantitative estimate of drug-likeness (QED) is 0.800. The van der Waals surface area contributed by atoms with Crippen molar-refractivity contribution in [1.29, 1.82) is 0 Å². The molecule has 1 aromatic carbocycles. The van der Waals surface area contributed by atoms with Crippen molar-refractivity contribution in [3.05, 3.63) is 35.9 Å². The molecule has 0 aliphatic carbocycles. The fourth-order valence-electron chi connectivity index (χ4n) is 1.74. The van der Waals surface area contributed by atoms with Gasteiger partial charge < -0.3 is 20.1 Å². The van der Waals surface area contributed by atoms with E-state index in [2.05, 4.69) is 12.1 Å². The second-order valence-electron chi connectivity index (χ2n) is 4.34. The van der Waals surface area contributed by atoms with E-state index in [1.165, 1.54) is 5.56 Å². The zero-order valence-electron chi connectivity index (χ0n) is 11.1. The Morgan fingerprint density at radius 2 is 1.89 bits per heavy atom. The van der Waals surface area contributed by atoms with Crippen molar-refractivity contribution in [2.45, 2.75) is 25.7 Å². The second-order valence-corrected chi connectivity index (χ2v) is 4.34. The van der Waals surface area contributed by atoms with Gasteiger partial charge in [-0.15, -0.1) is 0 Å². The lowest BCUT2D eigenvalue weighted by atomic mass is 9.75. The molecule has 0 spiro atoms. The third-order valence-electron chi connectivity index (χ3n) is 2.52. The molecule has 1 aliphatic rings. The molecule has 0 amide bonds. The Morgan fingerprint density at radius 3 is 2.42 bits per heavy atom. The molecule has 3 N–H and O–H groups in total. The zero-order valence-corrected chi connectivity index (χ0v) is 11.1. The second kappa shape index (κ2) is 8.69. The molecule has 0 radical (unpaired) electrons. The van der Waals surface area contributed by atoms with Gasteiger partial charge in [-0.2, -0.15) is 0 Å². The molecule has 1 fully saturated rings. The van der Waals surface area contributed by atoms with E-state index in [0.717, 1.165) is 33.0 Å². The van der Waals surface area contributed by atoms with Gasteiger partial charge in [-0.1, -0.05) is 30.3 Å². The average molecular weight is 265 g/mol. The molecule has 2 rings (SSSR count). The van der Waals surface area contributed by atoms with Crippen LogP contribution in [-0.4, -0.2) is 37.3 Å². The molecule has 0 bridgehead atoms. The molecule has 5 nitrogen and oxygen atoms in total. The van der Waals surface area contributed by atoms with Gasteiger partial charge in [-0.25, -0.2) is 0 Å². The summed E-state index contributed by atoms with van der Waals surface area (Å²) in [6.07, 6.45) is 1.76. The number of carboxylic acids is 1. The van der Waals surface area contributed by atoms with E-state index in [1.54, 1.807) is 0 Å². The summed E-state index contributed by atoms with van der Waals surface area (Å²) in [6.45, 7) is 2.60. The highest BCUT2D eigenvalue weighted by Crippen LogP contribution is 2.08. The molecule has 19 heavy (non-hydrogen) atoms. The number of hydrogen-bond acceptors (Lipinski definition) is 4. The summed E-state index contributed by atoms with van der Waals surface area (Å²) in [6, 6.07) is 10.2. The predicted octanol–water partition coefficient (Wildman–Crippen LogP) is 1.11. The Hall–Kier alpha value is -1.37. The molecule has 1 saturated heterocycles. The molecule has 6 heteroatoms. The van der Waals surface area contributed by atoms with Gasteiger partial charge in [0.25, 0.3) is 5.97 Å². The van der Waals surface area contributed by atoms with Gasteiger partial charge in [0.15, 0.2) is 0 Å². The number of rotatable bonds is 3. The Bertz CT molecular complexity index is 364. The third kappa shape index (κ3) is 6.95. The minimum atomic E-state index is -0.833. The molecule has 0 unspecified atom stereocenters. The van der Waals surface area contributed by atoms with Crippen LogP contribution >= 0.6 is 0 Å². The van der Waals surface area contributed by atoms with Gasteiger partial charge in [0.05, 0.1) is 0 Å². The molecule has 0 aromatic heterocycles. The lowest BCUT2D eigenvalue weighted by Gasteiger charge is -2.24.